The SMILES string of the molecule is Cc1cc(C)c(NC(=O)c2cc3c(=O)n4cccc(C)c4nc3n2C)c(C)c1. The van der Waals surface area contributed by atoms with Crippen LogP contribution < -0.4 is 10.9 Å². The predicted molar refractivity (Wildman–Crippen MR) is 111 cm³/mol. The van der Waals surface area contributed by atoms with E-state index in [0.717, 1.165) is 27.9 Å². The molecule has 28 heavy (non-hydrogen) atoms. The van der Waals surface area contributed by atoms with Crippen LogP contribution in [0.25, 0.3) is 16.7 Å². The highest BCUT2D eigenvalue weighted by Crippen LogP contribution is 2.24. The smallest absolute Gasteiger partial charge is 0.272 e. The molecule has 1 aromatic carbocycles. The van der Waals surface area contributed by atoms with Gasteiger partial charge < -0.3 is 9.88 Å². The fraction of sp³-hybridized carbons (Fsp3) is 0.227. The number of fused-ring (bicyclic) bond motifs is 2. The lowest BCUT2D eigenvalue weighted by Gasteiger charge is -2.13. The fourth-order valence-electron chi connectivity index (χ4n) is 3.80. The molecule has 0 saturated carbocycles. The van der Waals surface area contributed by atoms with Crippen LogP contribution in [-0.4, -0.2) is 19.9 Å². The molecule has 1 N–H and O–H groups in total. The molecular formula is C22H22N4O2. The molecular weight excluding hydrogens is 352 g/mol. The second-order valence-electron chi connectivity index (χ2n) is 7.36. The van der Waals surface area contributed by atoms with Gasteiger partial charge in [-0.15, -0.1) is 0 Å². The van der Waals surface area contributed by atoms with Gasteiger partial charge in [-0.1, -0.05) is 23.8 Å². The molecule has 0 aliphatic heterocycles. The lowest BCUT2D eigenvalue weighted by atomic mass is 10.1. The number of carbonyl (C=O) groups is 1. The van der Waals surface area contributed by atoms with Crippen molar-refractivity contribution in [1.82, 2.24) is 14.0 Å². The number of nitrogens with one attached hydrogen (secondary N) is 1. The number of benzene rings is 1. The van der Waals surface area contributed by atoms with Crippen molar-refractivity contribution in [3.63, 3.8) is 0 Å². The molecule has 3 aromatic heterocycles. The second kappa shape index (κ2) is 6.34. The van der Waals surface area contributed by atoms with Crippen LogP contribution in [-0.2, 0) is 7.05 Å². The molecule has 0 aliphatic rings. The Morgan fingerprint density at radius 3 is 2.36 bits per heavy atom. The van der Waals surface area contributed by atoms with Gasteiger partial charge in [0.05, 0.1) is 5.39 Å². The molecule has 6 heteroatoms. The van der Waals surface area contributed by atoms with Crippen molar-refractivity contribution in [3.8, 4) is 0 Å². The van der Waals surface area contributed by atoms with Crippen LogP contribution in [0, 0.1) is 27.7 Å². The Bertz CT molecular complexity index is 1310. The highest BCUT2D eigenvalue weighted by Gasteiger charge is 2.19. The molecule has 4 aromatic rings. The van der Waals surface area contributed by atoms with Crippen molar-refractivity contribution in [2.75, 3.05) is 5.32 Å². The number of aromatic nitrogens is 3. The van der Waals surface area contributed by atoms with Gasteiger partial charge in [-0.25, -0.2) is 4.98 Å². The largest absolute Gasteiger partial charge is 0.324 e. The van der Waals surface area contributed by atoms with Gasteiger partial charge in [0.15, 0.2) is 0 Å². The van der Waals surface area contributed by atoms with Crippen LogP contribution in [0.5, 0.6) is 0 Å². The van der Waals surface area contributed by atoms with E-state index in [4.69, 9.17) is 0 Å². The third kappa shape index (κ3) is 2.69. The standard InChI is InChI=1S/C22H22N4O2/c1-12-9-14(3)18(15(4)10-12)23-21(27)17-11-16-20(25(17)5)24-19-13(2)7-6-8-26(19)22(16)28/h6-11H,1-5H3,(H,23,27). The van der Waals surface area contributed by atoms with E-state index in [-0.39, 0.29) is 11.5 Å². The Hall–Kier alpha value is -3.41. The van der Waals surface area contributed by atoms with E-state index in [1.54, 1.807) is 23.9 Å². The molecule has 4 rings (SSSR count). The molecule has 0 spiro atoms. The average Bonchev–Trinajstić information content (AvgIpc) is 2.96. The summed E-state index contributed by atoms with van der Waals surface area (Å²) in [5.41, 5.74) is 6.17. The van der Waals surface area contributed by atoms with E-state index in [0.29, 0.717) is 22.4 Å². The predicted octanol–water partition coefficient (Wildman–Crippen LogP) is 3.67. The van der Waals surface area contributed by atoms with Gasteiger partial charge in [-0.3, -0.25) is 14.0 Å². The lowest BCUT2D eigenvalue weighted by molar-refractivity contribution is 0.101. The summed E-state index contributed by atoms with van der Waals surface area (Å²) >= 11 is 0. The number of nitrogens with zero attached hydrogens (tertiary/aromatic N) is 3. The van der Waals surface area contributed by atoms with Gasteiger partial charge in [-0.2, -0.15) is 0 Å². The first-order valence-corrected chi connectivity index (χ1v) is 9.14. The molecule has 0 fully saturated rings. The molecule has 0 aliphatic carbocycles. The molecule has 0 saturated heterocycles. The summed E-state index contributed by atoms with van der Waals surface area (Å²) in [6.07, 6.45) is 1.70. The maximum atomic E-state index is 13.0. The van der Waals surface area contributed by atoms with E-state index in [9.17, 15) is 9.59 Å². The van der Waals surface area contributed by atoms with Gasteiger partial charge in [0.25, 0.3) is 11.5 Å². The summed E-state index contributed by atoms with van der Waals surface area (Å²) in [6.45, 7) is 7.88. The van der Waals surface area contributed by atoms with Crippen LogP contribution in [0.15, 0.2) is 41.3 Å². The highest BCUT2D eigenvalue weighted by atomic mass is 16.2. The van der Waals surface area contributed by atoms with Crippen LogP contribution in [0.2, 0.25) is 0 Å². The third-order valence-electron chi connectivity index (χ3n) is 5.17. The van der Waals surface area contributed by atoms with Crippen LogP contribution >= 0.6 is 0 Å². The monoisotopic (exact) mass is 374 g/mol. The average molecular weight is 374 g/mol. The first kappa shape index (κ1) is 18.0. The molecule has 142 valence electrons. The number of pyridine rings is 1. The summed E-state index contributed by atoms with van der Waals surface area (Å²) in [4.78, 5) is 30.5. The Labute approximate surface area is 162 Å². The Morgan fingerprint density at radius 1 is 1.00 bits per heavy atom. The van der Waals surface area contributed by atoms with E-state index in [1.807, 2.05) is 52.0 Å². The van der Waals surface area contributed by atoms with Crippen molar-refractivity contribution >= 4 is 28.3 Å². The molecule has 0 unspecified atom stereocenters. The van der Waals surface area contributed by atoms with E-state index < -0.39 is 0 Å². The van der Waals surface area contributed by atoms with Gasteiger partial charge >= 0.3 is 0 Å². The third-order valence-corrected chi connectivity index (χ3v) is 5.17. The number of aryl methyl sites for hydroxylation is 5. The fourth-order valence-corrected chi connectivity index (χ4v) is 3.80. The molecule has 0 radical (unpaired) electrons. The number of hydrogen-bond donors (Lipinski definition) is 1. The van der Waals surface area contributed by atoms with Gasteiger partial charge in [0.1, 0.15) is 17.0 Å². The van der Waals surface area contributed by atoms with Crippen molar-refractivity contribution < 1.29 is 4.79 Å². The van der Waals surface area contributed by atoms with Crippen LogP contribution in [0.4, 0.5) is 5.69 Å². The normalized spacial score (nSPS) is 11.3. The number of carbonyl (C=O) groups excluding carboxylic acids is 1. The molecule has 0 atom stereocenters. The van der Waals surface area contributed by atoms with E-state index >= 15 is 0 Å². The Balaban J connectivity index is 1.86. The topological polar surface area (TPSA) is 68.4 Å². The van der Waals surface area contributed by atoms with Crippen molar-refractivity contribution in [3.05, 3.63) is 74.8 Å². The zero-order chi connectivity index (χ0) is 20.2. The summed E-state index contributed by atoms with van der Waals surface area (Å²) < 4.78 is 3.20. The van der Waals surface area contributed by atoms with Gasteiger partial charge in [0, 0.05) is 18.9 Å². The molecule has 1 amide bonds. The first-order chi connectivity index (χ1) is 13.3. The van der Waals surface area contributed by atoms with Gasteiger partial charge in [-0.05, 0) is 56.5 Å². The number of anilines is 1. The summed E-state index contributed by atoms with van der Waals surface area (Å²) in [7, 11) is 1.76. The minimum atomic E-state index is -0.263. The zero-order valence-corrected chi connectivity index (χ0v) is 16.6. The summed E-state index contributed by atoms with van der Waals surface area (Å²) in [5.74, 6) is -0.263. The Kier molecular flexibility index (Phi) is 4.07. The van der Waals surface area contributed by atoms with E-state index in [2.05, 4.69) is 10.3 Å². The maximum absolute atomic E-state index is 13.0. The highest BCUT2D eigenvalue weighted by molar-refractivity contribution is 6.06. The zero-order valence-electron chi connectivity index (χ0n) is 16.6. The summed E-state index contributed by atoms with van der Waals surface area (Å²) in [5, 5.41) is 3.42. The Morgan fingerprint density at radius 2 is 1.68 bits per heavy atom. The molecule has 3 heterocycles. The molecule has 0 bridgehead atoms. The quantitative estimate of drug-likeness (QED) is 0.582. The maximum Gasteiger partial charge on any atom is 0.272 e. The van der Waals surface area contributed by atoms with E-state index in [1.165, 1.54) is 4.40 Å². The number of rotatable bonds is 2. The first-order valence-electron chi connectivity index (χ1n) is 9.14. The minimum Gasteiger partial charge on any atom is -0.324 e. The second-order valence-corrected chi connectivity index (χ2v) is 7.36. The van der Waals surface area contributed by atoms with Crippen molar-refractivity contribution in [2.24, 2.45) is 7.05 Å². The van der Waals surface area contributed by atoms with Gasteiger partial charge in [0.2, 0.25) is 0 Å². The number of hydrogen-bond acceptors (Lipinski definition) is 3. The molecule has 6 nitrogen and oxygen atoms in total. The van der Waals surface area contributed by atoms with Crippen LogP contribution in [0.1, 0.15) is 32.7 Å². The van der Waals surface area contributed by atoms with Crippen molar-refractivity contribution in [1.29, 1.82) is 0 Å². The summed E-state index contributed by atoms with van der Waals surface area (Å²) in [6, 6.07) is 9.42. The van der Waals surface area contributed by atoms with Crippen molar-refractivity contribution in [2.45, 2.75) is 27.7 Å². The number of amides is 1. The minimum absolute atomic E-state index is 0.180. The van der Waals surface area contributed by atoms with Crippen LogP contribution in [0.3, 0.4) is 0 Å². The lowest BCUT2D eigenvalue weighted by Crippen LogP contribution is -2.17.